The van der Waals surface area contributed by atoms with E-state index in [1.54, 1.807) is 7.05 Å². The fraction of sp³-hybridized carbons (Fsp3) is 0.562. The predicted molar refractivity (Wildman–Crippen MR) is 84.8 cm³/mol. The van der Waals surface area contributed by atoms with Crippen molar-refractivity contribution in [2.75, 3.05) is 33.7 Å². The van der Waals surface area contributed by atoms with Gasteiger partial charge >= 0.3 is 0 Å². The lowest BCUT2D eigenvalue weighted by Gasteiger charge is -2.30. The summed E-state index contributed by atoms with van der Waals surface area (Å²) >= 11 is 0. The molecule has 1 aliphatic rings. The molecule has 1 aliphatic heterocycles. The number of benzene rings is 1. The van der Waals surface area contributed by atoms with Gasteiger partial charge in [0, 0.05) is 32.2 Å². The minimum Gasteiger partial charge on any atom is -0.356 e. The molecular weight excluding hydrogens is 286 g/mol. The standard InChI is InChI=1S/C16H24F2N4/c1-19-16(20-9-12-4-3-7-22(2)11-12)21-10-13-8-14(17)5-6-15(13)18/h5-6,8,12H,3-4,7,9-11H2,1-2H3,(H2,19,20,21). The molecule has 6 heteroatoms. The number of likely N-dealkylation sites (tertiary alicyclic amines) is 1. The maximum absolute atomic E-state index is 13.6. The van der Waals surface area contributed by atoms with Crippen LogP contribution in [0.3, 0.4) is 0 Å². The fourth-order valence-corrected chi connectivity index (χ4v) is 2.76. The number of hydrogen-bond acceptors (Lipinski definition) is 2. The number of rotatable bonds is 4. The van der Waals surface area contributed by atoms with Crippen molar-refractivity contribution < 1.29 is 8.78 Å². The van der Waals surface area contributed by atoms with Crippen LogP contribution >= 0.6 is 0 Å². The highest BCUT2D eigenvalue weighted by molar-refractivity contribution is 5.79. The van der Waals surface area contributed by atoms with Crippen molar-refractivity contribution in [3.63, 3.8) is 0 Å². The molecule has 1 unspecified atom stereocenters. The molecule has 1 aromatic carbocycles. The summed E-state index contributed by atoms with van der Waals surface area (Å²) in [7, 11) is 3.80. The van der Waals surface area contributed by atoms with Crippen molar-refractivity contribution in [2.24, 2.45) is 10.9 Å². The SMILES string of the molecule is CN=C(NCc1cc(F)ccc1F)NCC1CCCN(C)C1. The summed E-state index contributed by atoms with van der Waals surface area (Å²) in [5, 5.41) is 6.28. The second-order valence-corrected chi connectivity index (χ2v) is 5.81. The number of guanidine groups is 1. The van der Waals surface area contributed by atoms with Crippen LogP contribution in [0.2, 0.25) is 0 Å². The summed E-state index contributed by atoms with van der Waals surface area (Å²) in [6.07, 6.45) is 2.41. The zero-order valence-corrected chi connectivity index (χ0v) is 13.2. The minimum absolute atomic E-state index is 0.202. The molecule has 22 heavy (non-hydrogen) atoms. The van der Waals surface area contributed by atoms with Gasteiger partial charge in [-0.05, 0) is 50.6 Å². The molecule has 4 nitrogen and oxygen atoms in total. The van der Waals surface area contributed by atoms with Gasteiger partial charge in [0.25, 0.3) is 0 Å². The van der Waals surface area contributed by atoms with Crippen molar-refractivity contribution >= 4 is 5.96 Å². The van der Waals surface area contributed by atoms with Gasteiger partial charge in [-0.1, -0.05) is 0 Å². The van der Waals surface area contributed by atoms with Crippen LogP contribution in [0.5, 0.6) is 0 Å². The Kier molecular flexibility index (Phi) is 6.12. The molecule has 0 saturated carbocycles. The monoisotopic (exact) mass is 310 g/mol. The summed E-state index contributed by atoms with van der Waals surface area (Å²) in [4.78, 5) is 6.45. The molecular formula is C16H24F2N4. The number of halogens is 2. The summed E-state index contributed by atoms with van der Waals surface area (Å²) in [5.74, 6) is 0.338. The molecule has 0 spiro atoms. The lowest BCUT2D eigenvalue weighted by atomic mass is 9.99. The Morgan fingerprint density at radius 1 is 1.36 bits per heavy atom. The fourth-order valence-electron chi connectivity index (χ4n) is 2.76. The average molecular weight is 310 g/mol. The van der Waals surface area contributed by atoms with E-state index in [-0.39, 0.29) is 6.54 Å². The van der Waals surface area contributed by atoms with E-state index in [1.807, 2.05) is 0 Å². The molecule has 1 atom stereocenters. The van der Waals surface area contributed by atoms with Crippen LogP contribution in [0.15, 0.2) is 23.2 Å². The number of hydrogen-bond donors (Lipinski definition) is 2. The second kappa shape index (κ2) is 8.08. The van der Waals surface area contributed by atoms with E-state index >= 15 is 0 Å². The Balaban J connectivity index is 1.81. The van der Waals surface area contributed by atoms with Crippen LogP contribution in [0.1, 0.15) is 18.4 Å². The van der Waals surface area contributed by atoms with Gasteiger partial charge in [0.1, 0.15) is 11.6 Å². The molecule has 1 saturated heterocycles. The maximum atomic E-state index is 13.6. The highest BCUT2D eigenvalue weighted by Gasteiger charge is 2.17. The van der Waals surface area contributed by atoms with Gasteiger partial charge in [0.05, 0.1) is 0 Å². The molecule has 1 aromatic rings. The van der Waals surface area contributed by atoms with Crippen LogP contribution in [0.4, 0.5) is 8.78 Å². The normalized spacial score (nSPS) is 20.0. The van der Waals surface area contributed by atoms with E-state index in [1.165, 1.54) is 18.9 Å². The largest absolute Gasteiger partial charge is 0.356 e. The third-order valence-corrected chi connectivity index (χ3v) is 3.96. The Labute approximate surface area is 130 Å². The molecule has 0 amide bonds. The molecule has 122 valence electrons. The van der Waals surface area contributed by atoms with Crippen LogP contribution in [0.25, 0.3) is 0 Å². The highest BCUT2D eigenvalue weighted by Crippen LogP contribution is 2.14. The zero-order valence-electron chi connectivity index (χ0n) is 13.2. The first-order chi connectivity index (χ1) is 10.6. The van der Waals surface area contributed by atoms with Gasteiger partial charge in [0.15, 0.2) is 5.96 Å². The smallest absolute Gasteiger partial charge is 0.191 e. The number of piperidine rings is 1. The van der Waals surface area contributed by atoms with Gasteiger partial charge < -0.3 is 15.5 Å². The van der Waals surface area contributed by atoms with E-state index in [2.05, 4.69) is 27.6 Å². The Bertz CT molecular complexity index is 519. The first-order valence-corrected chi connectivity index (χ1v) is 7.65. The molecule has 0 radical (unpaired) electrons. The van der Waals surface area contributed by atoms with Gasteiger partial charge in [-0.2, -0.15) is 0 Å². The zero-order chi connectivity index (χ0) is 15.9. The van der Waals surface area contributed by atoms with E-state index in [9.17, 15) is 8.78 Å². The first kappa shape index (κ1) is 16.7. The summed E-state index contributed by atoms with van der Waals surface area (Å²) in [5.41, 5.74) is 0.292. The van der Waals surface area contributed by atoms with E-state index < -0.39 is 11.6 Å². The Morgan fingerprint density at radius 2 is 2.18 bits per heavy atom. The van der Waals surface area contributed by atoms with Gasteiger partial charge in [-0.15, -0.1) is 0 Å². The lowest BCUT2D eigenvalue weighted by Crippen LogP contribution is -2.43. The van der Waals surface area contributed by atoms with Gasteiger partial charge in [0.2, 0.25) is 0 Å². The van der Waals surface area contributed by atoms with Gasteiger partial charge in [-0.3, -0.25) is 4.99 Å². The quantitative estimate of drug-likeness (QED) is 0.660. The van der Waals surface area contributed by atoms with E-state index in [0.29, 0.717) is 17.4 Å². The third-order valence-electron chi connectivity index (χ3n) is 3.96. The Morgan fingerprint density at radius 3 is 2.91 bits per heavy atom. The van der Waals surface area contributed by atoms with Crippen LogP contribution < -0.4 is 10.6 Å². The van der Waals surface area contributed by atoms with Crippen LogP contribution in [-0.2, 0) is 6.54 Å². The maximum Gasteiger partial charge on any atom is 0.191 e. The molecule has 0 aromatic heterocycles. The van der Waals surface area contributed by atoms with Crippen LogP contribution in [-0.4, -0.2) is 44.6 Å². The number of nitrogens with one attached hydrogen (secondary N) is 2. The third kappa shape index (κ3) is 4.94. The second-order valence-electron chi connectivity index (χ2n) is 5.81. The van der Waals surface area contributed by atoms with E-state index in [0.717, 1.165) is 31.8 Å². The number of nitrogens with zero attached hydrogens (tertiary/aromatic N) is 2. The van der Waals surface area contributed by atoms with Crippen molar-refractivity contribution in [2.45, 2.75) is 19.4 Å². The average Bonchev–Trinajstić information content (AvgIpc) is 2.51. The van der Waals surface area contributed by atoms with Gasteiger partial charge in [-0.25, -0.2) is 8.78 Å². The molecule has 1 heterocycles. The van der Waals surface area contributed by atoms with Crippen molar-refractivity contribution in [1.82, 2.24) is 15.5 Å². The first-order valence-electron chi connectivity index (χ1n) is 7.65. The Hall–Kier alpha value is -1.69. The molecule has 2 rings (SSSR count). The molecule has 0 bridgehead atoms. The van der Waals surface area contributed by atoms with Crippen LogP contribution in [0, 0.1) is 17.6 Å². The van der Waals surface area contributed by atoms with Crippen molar-refractivity contribution in [3.05, 3.63) is 35.4 Å². The number of aliphatic imine (C=N–C) groups is 1. The molecule has 0 aliphatic carbocycles. The van der Waals surface area contributed by atoms with Crippen molar-refractivity contribution in [3.8, 4) is 0 Å². The summed E-state index contributed by atoms with van der Waals surface area (Å²) in [6.45, 7) is 3.26. The predicted octanol–water partition coefficient (Wildman–Crippen LogP) is 1.97. The van der Waals surface area contributed by atoms with Crippen molar-refractivity contribution in [1.29, 1.82) is 0 Å². The summed E-state index contributed by atoms with van der Waals surface area (Å²) < 4.78 is 26.7. The lowest BCUT2D eigenvalue weighted by molar-refractivity contribution is 0.210. The molecule has 2 N–H and O–H groups in total. The minimum atomic E-state index is -0.439. The highest BCUT2D eigenvalue weighted by atomic mass is 19.1. The topological polar surface area (TPSA) is 39.7 Å². The molecule has 1 fully saturated rings. The van der Waals surface area contributed by atoms with E-state index in [4.69, 9.17) is 0 Å². The summed E-state index contributed by atoms with van der Waals surface area (Å²) in [6, 6.07) is 3.46.